The van der Waals surface area contributed by atoms with E-state index in [0.29, 0.717) is 29.1 Å². The number of anilines is 2. The third-order valence-corrected chi connectivity index (χ3v) is 6.05. The van der Waals surface area contributed by atoms with Crippen molar-refractivity contribution in [3.63, 3.8) is 0 Å². The van der Waals surface area contributed by atoms with E-state index in [4.69, 9.17) is 9.84 Å². The zero-order valence-electron chi connectivity index (χ0n) is 19.2. The number of aryl methyl sites for hydroxylation is 2. The second-order valence-corrected chi connectivity index (χ2v) is 8.46. The molecule has 1 saturated carbocycles. The monoisotopic (exact) mass is 455 g/mol. The van der Waals surface area contributed by atoms with E-state index >= 15 is 0 Å². The highest BCUT2D eigenvalue weighted by atomic mass is 16.5. The number of aromatic carboxylic acids is 1. The summed E-state index contributed by atoms with van der Waals surface area (Å²) >= 11 is 0. The highest BCUT2D eigenvalue weighted by Gasteiger charge is 2.26. The summed E-state index contributed by atoms with van der Waals surface area (Å²) in [6, 6.07) is 13.1. The number of hydrogen-bond donors (Lipinski definition) is 2. The molecule has 0 unspecified atom stereocenters. The Morgan fingerprint density at radius 2 is 1.97 bits per heavy atom. The number of nitrogens with one attached hydrogen (secondary N) is 1. The van der Waals surface area contributed by atoms with Crippen molar-refractivity contribution in [1.29, 1.82) is 0 Å². The van der Waals surface area contributed by atoms with Gasteiger partial charge in [-0.3, -0.25) is 0 Å². The van der Waals surface area contributed by atoms with E-state index in [1.54, 1.807) is 36.3 Å². The SMILES string of the molecule is COc1ccc(-c2c(C)nn(-c3ncccc3C)c2Nc2ccc(C3CC3)cc2C(=O)O)cn1. The number of ether oxygens (including phenoxy) is 1. The zero-order valence-corrected chi connectivity index (χ0v) is 19.2. The number of rotatable bonds is 7. The molecule has 0 spiro atoms. The number of carboxylic acid groups (broad SMARTS) is 1. The summed E-state index contributed by atoms with van der Waals surface area (Å²) in [6.07, 6.45) is 5.64. The van der Waals surface area contributed by atoms with Crippen LogP contribution in [0.25, 0.3) is 16.9 Å². The van der Waals surface area contributed by atoms with Gasteiger partial charge in [0, 0.05) is 29.6 Å². The Labute approximate surface area is 197 Å². The van der Waals surface area contributed by atoms with Crippen molar-refractivity contribution >= 4 is 17.5 Å². The van der Waals surface area contributed by atoms with Gasteiger partial charge in [-0.05, 0) is 68.0 Å². The van der Waals surface area contributed by atoms with Crippen LogP contribution in [0.2, 0.25) is 0 Å². The normalized spacial score (nSPS) is 13.0. The fourth-order valence-corrected chi connectivity index (χ4v) is 4.14. The number of methoxy groups -OCH3 is 1. The third-order valence-electron chi connectivity index (χ3n) is 6.05. The van der Waals surface area contributed by atoms with Gasteiger partial charge in [0.2, 0.25) is 5.88 Å². The molecule has 0 saturated heterocycles. The Bertz CT molecular complexity index is 1370. The highest BCUT2D eigenvalue weighted by molar-refractivity contribution is 5.96. The lowest BCUT2D eigenvalue weighted by Crippen LogP contribution is -2.09. The number of carboxylic acids is 1. The van der Waals surface area contributed by atoms with Gasteiger partial charge in [0.15, 0.2) is 5.82 Å². The molecule has 172 valence electrons. The van der Waals surface area contributed by atoms with Crippen molar-refractivity contribution in [2.24, 2.45) is 0 Å². The maximum atomic E-state index is 12.1. The van der Waals surface area contributed by atoms with E-state index in [-0.39, 0.29) is 5.56 Å². The molecule has 3 aromatic heterocycles. The van der Waals surface area contributed by atoms with Crippen LogP contribution >= 0.6 is 0 Å². The van der Waals surface area contributed by atoms with Gasteiger partial charge in [-0.1, -0.05) is 12.1 Å². The Hall–Kier alpha value is -4.20. The third kappa shape index (κ3) is 3.98. The van der Waals surface area contributed by atoms with Crippen molar-refractivity contribution in [3.05, 3.63) is 77.2 Å². The molecule has 1 aliphatic rings. The smallest absolute Gasteiger partial charge is 0.337 e. The second-order valence-electron chi connectivity index (χ2n) is 8.46. The van der Waals surface area contributed by atoms with Crippen LogP contribution in [0, 0.1) is 13.8 Å². The first kappa shape index (κ1) is 21.6. The van der Waals surface area contributed by atoms with Crippen LogP contribution in [-0.2, 0) is 0 Å². The minimum Gasteiger partial charge on any atom is -0.481 e. The van der Waals surface area contributed by atoms with Crippen LogP contribution in [0.4, 0.5) is 11.5 Å². The fourth-order valence-electron chi connectivity index (χ4n) is 4.14. The topological polar surface area (TPSA) is 102 Å². The molecule has 4 aromatic rings. The molecule has 8 heteroatoms. The average Bonchev–Trinajstić information content (AvgIpc) is 3.64. The number of benzene rings is 1. The van der Waals surface area contributed by atoms with Gasteiger partial charge in [0.05, 0.1) is 24.1 Å². The van der Waals surface area contributed by atoms with Crippen molar-refractivity contribution < 1.29 is 14.6 Å². The van der Waals surface area contributed by atoms with E-state index in [9.17, 15) is 9.90 Å². The van der Waals surface area contributed by atoms with E-state index < -0.39 is 5.97 Å². The molecule has 1 aromatic carbocycles. The standard InChI is InChI=1S/C26H25N5O3/c1-15-5-4-12-27-24(15)31-25(23(16(2)30-31)19-9-11-22(34-3)28-14-19)29-21-10-8-18(17-6-7-17)13-20(21)26(32)33/h4-5,8-14,17,29H,6-7H2,1-3H3,(H,32,33). The van der Waals surface area contributed by atoms with Crippen molar-refractivity contribution in [3.8, 4) is 22.8 Å². The van der Waals surface area contributed by atoms with E-state index in [2.05, 4.69) is 15.3 Å². The van der Waals surface area contributed by atoms with Gasteiger partial charge in [0.1, 0.15) is 5.82 Å². The Morgan fingerprint density at radius 3 is 2.62 bits per heavy atom. The maximum Gasteiger partial charge on any atom is 0.337 e. The van der Waals surface area contributed by atoms with Crippen LogP contribution < -0.4 is 10.1 Å². The van der Waals surface area contributed by atoms with Crippen LogP contribution in [-0.4, -0.2) is 37.9 Å². The number of carbonyl (C=O) groups is 1. The molecule has 0 amide bonds. The number of pyridine rings is 2. The Balaban J connectivity index is 1.68. The van der Waals surface area contributed by atoms with Crippen LogP contribution in [0.1, 0.15) is 45.9 Å². The number of aromatic nitrogens is 4. The molecule has 8 nitrogen and oxygen atoms in total. The summed E-state index contributed by atoms with van der Waals surface area (Å²) in [6.45, 7) is 3.87. The summed E-state index contributed by atoms with van der Waals surface area (Å²) < 4.78 is 6.93. The van der Waals surface area contributed by atoms with Crippen molar-refractivity contribution in [2.75, 3.05) is 12.4 Å². The van der Waals surface area contributed by atoms with Gasteiger partial charge in [-0.15, -0.1) is 0 Å². The summed E-state index contributed by atoms with van der Waals surface area (Å²) in [5.41, 5.74) is 5.12. The molecule has 1 aliphatic carbocycles. The van der Waals surface area contributed by atoms with Crippen molar-refractivity contribution in [1.82, 2.24) is 19.7 Å². The molecule has 5 rings (SSSR count). The van der Waals surface area contributed by atoms with Gasteiger partial charge >= 0.3 is 5.97 Å². The number of hydrogen-bond acceptors (Lipinski definition) is 6. The zero-order chi connectivity index (χ0) is 23.8. The number of nitrogens with zero attached hydrogens (tertiary/aromatic N) is 4. The molecule has 1 fully saturated rings. The van der Waals surface area contributed by atoms with E-state index in [1.165, 1.54) is 0 Å². The first-order valence-corrected chi connectivity index (χ1v) is 11.1. The first-order valence-electron chi connectivity index (χ1n) is 11.1. The summed E-state index contributed by atoms with van der Waals surface area (Å²) in [5.74, 6) is 1.26. The summed E-state index contributed by atoms with van der Waals surface area (Å²) in [5, 5.41) is 18.1. The van der Waals surface area contributed by atoms with E-state index in [0.717, 1.165) is 40.8 Å². The van der Waals surface area contributed by atoms with Crippen molar-refractivity contribution in [2.45, 2.75) is 32.6 Å². The molecule has 34 heavy (non-hydrogen) atoms. The minimum absolute atomic E-state index is 0.228. The molecule has 0 bridgehead atoms. The predicted octanol–water partition coefficient (Wildman–Crippen LogP) is 5.27. The molecule has 0 radical (unpaired) electrons. The first-order chi connectivity index (χ1) is 16.5. The van der Waals surface area contributed by atoms with Gasteiger partial charge in [-0.25, -0.2) is 14.8 Å². The summed E-state index contributed by atoms with van der Waals surface area (Å²) in [4.78, 5) is 21.0. The second kappa shape index (κ2) is 8.62. The minimum atomic E-state index is -0.977. The lowest BCUT2D eigenvalue weighted by molar-refractivity contribution is 0.0698. The van der Waals surface area contributed by atoms with Gasteiger partial charge < -0.3 is 15.2 Å². The largest absolute Gasteiger partial charge is 0.481 e. The lowest BCUT2D eigenvalue weighted by atomic mass is 10.0. The van der Waals surface area contributed by atoms with Crippen LogP contribution in [0.3, 0.4) is 0 Å². The van der Waals surface area contributed by atoms with Gasteiger partial charge in [0.25, 0.3) is 0 Å². The van der Waals surface area contributed by atoms with Crippen LogP contribution in [0.5, 0.6) is 5.88 Å². The quantitative estimate of drug-likeness (QED) is 0.391. The Morgan fingerprint density at radius 1 is 1.15 bits per heavy atom. The highest BCUT2D eigenvalue weighted by Crippen LogP contribution is 2.42. The molecule has 3 heterocycles. The molecule has 0 aliphatic heterocycles. The Kier molecular flexibility index (Phi) is 5.49. The van der Waals surface area contributed by atoms with Crippen LogP contribution in [0.15, 0.2) is 54.9 Å². The predicted molar refractivity (Wildman–Crippen MR) is 129 cm³/mol. The van der Waals surface area contributed by atoms with E-state index in [1.807, 2.05) is 44.2 Å². The maximum absolute atomic E-state index is 12.1. The molecule has 2 N–H and O–H groups in total. The fraction of sp³-hybridized carbons (Fsp3) is 0.231. The molecule has 0 atom stereocenters. The molecular weight excluding hydrogens is 430 g/mol. The summed E-state index contributed by atoms with van der Waals surface area (Å²) in [7, 11) is 1.57. The lowest BCUT2D eigenvalue weighted by Gasteiger charge is -2.15. The molecular formula is C26H25N5O3. The average molecular weight is 456 g/mol. The van der Waals surface area contributed by atoms with Gasteiger partial charge in [-0.2, -0.15) is 9.78 Å².